The minimum Gasteiger partial charge on any atom is -0.494 e. The normalized spacial score (nSPS) is 20.3. The van der Waals surface area contributed by atoms with Crippen LogP contribution in [0.4, 0.5) is 4.39 Å². The molecule has 1 aromatic heterocycles. The van der Waals surface area contributed by atoms with E-state index in [0.29, 0.717) is 22.9 Å². The molecule has 1 aliphatic carbocycles. The highest BCUT2D eigenvalue weighted by Gasteiger charge is 2.47. The number of rotatable bonds is 6. The molecule has 1 aliphatic heterocycles. The second-order valence-electron chi connectivity index (χ2n) is 9.36. The first-order valence-electron chi connectivity index (χ1n) is 11.4. The highest BCUT2D eigenvalue weighted by atomic mass is 28.1. The van der Waals surface area contributed by atoms with Gasteiger partial charge in [-0.25, -0.2) is 9.37 Å². The summed E-state index contributed by atoms with van der Waals surface area (Å²) < 4.78 is 19.9. The fraction of sp³-hybridized carbons (Fsp3) is 0.360. The van der Waals surface area contributed by atoms with Crippen LogP contribution in [0.5, 0.6) is 11.6 Å². The number of amides is 1. The fourth-order valence-corrected chi connectivity index (χ4v) is 5.91. The average Bonchev–Trinajstić information content (AvgIpc) is 3.53. The van der Waals surface area contributed by atoms with Crippen molar-refractivity contribution in [3.8, 4) is 11.6 Å². The van der Waals surface area contributed by atoms with Crippen LogP contribution >= 0.6 is 0 Å². The van der Waals surface area contributed by atoms with E-state index in [1.54, 1.807) is 12.1 Å². The highest BCUT2D eigenvalue weighted by Crippen LogP contribution is 2.48. The Morgan fingerprint density at radius 2 is 2.09 bits per heavy atom. The molecule has 2 N–H and O–H groups in total. The Labute approximate surface area is 195 Å². The van der Waals surface area contributed by atoms with Gasteiger partial charge in [0.2, 0.25) is 5.88 Å². The minimum atomic E-state index is -0.605. The number of pyridine rings is 1. The summed E-state index contributed by atoms with van der Waals surface area (Å²) in [5, 5.41) is 14.0. The first-order valence-corrected chi connectivity index (χ1v) is 12.5. The fourth-order valence-electron chi connectivity index (χ4n) is 4.80. The Morgan fingerprint density at radius 1 is 1.30 bits per heavy atom. The van der Waals surface area contributed by atoms with E-state index in [1.165, 1.54) is 12.1 Å². The summed E-state index contributed by atoms with van der Waals surface area (Å²) >= 11 is 0. The highest BCUT2D eigenvalue weighted by molar-refractivity contribution is 6.11. The van der Waals surface area contributed by atoms with Crippen molar-refractivity contribution in [2.45, 2.75) is 43.5 Å². The predicted molar refractivity (Wildman–Crippen MR) is 128 cm³/mol. The summed E-state index contributed by atoms with van der Waals surface area (Å²) in [6, 6.07) is 12.0. The molecule has 2 atom stereocenters. The van der Waals surface area contributed by atoms with Crippen LogP contribution in [0, 0.1) is 12.7 Å². The van der Waals surface area contributed by atoms with Crippen molar-refractivity contribution in [2.24, 2.45) is 0 Å². The van der Waals surface area contributed by atoms with Gasteiger partial charge in [-0.2, -0.15) is 0 Å². The van der Waals surface area contributed by atoms with Gasteiger partial charge in [-0.3, -0.25) is 4.79 Å². The second kappa shape index (κ2) is 8.11. The molecular formula is C25H28FN3O3Si. The van der Waals surface area contributed by atoms with Gasteiger partial charge in [-0.15, -0.1) is 0 Å². The van der Waals surface area contributed by atoms with E-state index in [-0.39, 0.29) is 17.5 Å². The van der Waals surface area contributed by atoms with Crippen LogP contribution in [-0.4, -0.2) is 56.5 Å². The zero-order chi connectivity index (χ0) is 23.3. The molecule has 6 nitrogen and oxygen atoms in total. The van der Waals surface area contributed by atoms with E-state index in [9.17, 15) is 14.3 Å². The monoisotopic (exact) mass is 465 g/mol. The maximum Gasteiger partial charge on any atom is 0.252 e. The molecule has 33 heavy (non-hydrogen) atoms. The second-order valence-corrected chi connectivity index (χ2v) is 10.5. The first kappa shape index (κ1) is 21.9. The smallest absolute Gasteiger partial charge is 0.252 e. The first-order chi connectivity index (χ1) is 15.8. The third kappa shape index (κ3) is 4.09. The summed E-state index contributed by atoms with van der Waals surface area (Å²) in [6.07, 6.45) is 2.62. The van der Waals surface area contributed by atoms with Crippen molar-refractivity contribution >= 4 is 27.1 Å². The Balaban J connectivity index is 1.40. The van der Waals surface area contributed by atoms with Gasteiger partial charge in [0.1, 0.15) is 11.6 Å². The Bertz CT molecular complexity index is 1240. The SMILES string of the molecule is Cc1ccc(OC([SiH3])[C@@H]2CCN2C)cc1C(=O)NC1(c2cc(O)nc3cc(F)ccc23)CC1. The van der Waals surface area contributed by atoms with Crippen LogP contribution in [-0.2, 0) is 5.54 Å². The number of aryl methyl sites for hydroxylation is 1. The number of halogens is 1. The molecule has 1 amide bonds. The third-order valence-electron chi connectivity index (χ3n) is 7.04. The molecule has 0 spiro atoms. The molecule has 3 aromatic rings. The van der Waals surface area contributed by atoms with Crippen molar-refractivity contribution in [3.05, 3.63) is 65.0 Å². The van der Waals surface area contributed by atoms with Gasteiger partial charge in [-0.05, 0) is 75.2 Å². The van der Waals surface area contributed by atoms with Crippen LogP contribution in [0.25, 0.3) is 10.9 Å². The van der Waals surface area contributed by atoms with Gasteiger partial charge in [-0.1, -0.05) is 6.07 Å². The van der Waals surface area contributed by atoms with Gasteiger partial charge in [0.25, 0.3) is 5.91 Å². The number of carbonyl (C=O) groups excluding carboxylic acids is 1. The number of nitrogens with zero attached hydrogens (tertiary/aromatic N) is 2. The largest absolute Gasteiger partial charge is 0.494 e. The van der Waals surface area contributed by atoms with Crippen LogP contribution in [0.3, 0.4) is 0 Å². The molecule has 0 radical (unpaired) electrons. The molecule has 1 saturated carbocycles. The van der Waals surface area contributed by atoms with Crippen LogP contribution in [0.1, 0.15) is 40.7 Å². The summed E-state index contributed by atoms with van der Waals surface area (Å²) in [7, 11) is 3.02. The molecule has 2 aliphatic rings. The molecule has 2 aromatic carbocycles. The zero-order valence-electron chi connectivity index (χ0n) is 19.1. The van der Waals surface area contributed by atoms with Crippen molar-refractivity contribution in [3.63, 3.8) is 0 Å². The van der Waals surface area contributed by atoms with E-state index < -0.39 is 11.4 Å². The number of likely N-dealkylation sites (tertiary alicyclic amines) is 1. The van der Waals surface area contributed by atoms with Gasteiger partial charge in [0.05, 0.1) is 27.0 Å². The number of fused-ring (bicyclic) bond motifs is 1. The number of ether oxygens (including phenoxy) is 1. The maximum absolute atomic E-state index is 13.7. The number of likely N-dealkylation sites (N-methyl/N-ethyl adjacent to an activating group) is 1. The Morgan fingerprint density at radius 3 is 2.76 bits per heavy atom. The van der Waals surface area contributed by atoms with Crippen LogP contribution in [0.2, 0.25) is 0 Å². The number of carbonyl (C=O) groups is 1. The number of hydrogen-bond acceptors (Lipinski definition) is 5. The summed E-state index contributed by atoms with van der Waals surface area (Å²) in [5.41, 5.74) is 2.14. The number of benzene rings is 2. The molecule has 1 unspecified atom stereocenters. The summed E-state index contributed by atoms with van der Waals surface area (Å²) in [5.74, 6) is -0.0846. The van der Waals surface area contributed by atoms with Crippen LogP contribution < -0.4 is 10.1 Å². The topological polar surface area (TPSA) is 74.7 Å². The lowest BCUT2D eigenvalue weighted by Crippen LogP contribution is -2.53. The van der Waals surface area contributed by atoms with E-state index in [1.807, 2.05) is 25.1 Å². The molecule has 5 rings (SSSR count). The molecular weight excluding hydrogens is 437 g/mol. The molecule has 172 valence electrons. The zero-order valence-corrected chi connectivity index (χ0v) is 21.1. The predicted octanol–water partition coefficient (Wildman–Crippen LogP) is 2.58. The number of nitrogens with one attached hydrogen (secondary N) is 1. The molecule has 2 fully saturated rings. The lowest BCUT2D eigenvalue weighted by Gasteiger charge is -2.41. The van der Waals surface area contributed by atoms with E-state index in [4.69, 9.17) is 4.74 Å². The Kier molecular flexibility index (Phi) is 5.37. The molecule has 2 heterocycles. The lowest BCUT2D eigenvalue weighted by molar-refractivity contribution is 0.0562. The maximum atomic E-state index is 13.7. The Hall–Kier alpha value is -2.97. The number of aromatic nitrogens is 1. The number of hydrogen-bond donors (Lipinski definition) is 2. The van der Waals surface area contributed by atoms with Gasteiger partial charge in [0, 0.05) is 29.1 Å². The quantitative estimate of drug-likeness (QED) is 0.548. The summed E-state index contributed by atoms with van der Waals surface area (Å²) in [6.45, 7) is 3.01. The number of aromatic hydroxyl groups is 1. The molecule has 1 saturated heterocycles. The lowest BCUT2D eigenvalue weighted by atomic mass is 9.98. The van der Waals surface area contributed by atoms with Crippen molar-refractivity contribution in [1.82, 2.24) is 15.2 Å². The van der Waals surface area contributed by atoms with Crippen molar-refractivity contribution in [1.29, 1.82) is 0 Å². The van der Waals surface area contributed by atoms with Gasteiger partial charge in [0.15, 0.2) is 0 Å². The minimum absolute atomic E-state index is 0.170. The van der Waals surface area contributed by atoms with Gasteiger partial charge >= 0.3 is 0 Å². The van der Waals surface area contributed by atoms with Crippen molar-refractivity contribution in [2.75, 3.05) is 13.6 Å². The third-order valence-corrected chi connectivity index (χ3v) is 8.04. The van der Waals surface area contributed by atoms with Crippen molar-refractivity contribution < 1.29 is 19.0 Å². The van der Waals surface area contributed by atoms with E-state index in [2.05, 4.69) is 22.2 Å². The van der Waals surface area contributed by atoms with Gasteiger partial charge < -0.3 is 20.1 Å². The average molecular weight is 466 g/mol. The van der Waals surface area contributed by atoms with E-state index >= 15 is 0 Å². The molecule has 8 heteroatoms. The van der Waals surface area contributed by atoms with E-state index in [0.717, 1.165) is 52.6 Å². The standard InChI is InChI=1S/C25H28FN3O3Si/c1-14-3-5-16(32-24(33)21-7-10-29(21)2)12-18(14)23(31)28-25(8-9-25)19-13-22(30)27-20-11-15(26)4-6-17(19)20/h3-6,11-13,21,24H,7-10H2,1-2,33H3,(H,27,30)(H,28,31)/t21-,24?/m0/s1. The summed E-state index contributed by atoms with van der Waals surface area (Å²) in [4.78, 5) is 19.7. The molecule has 0 bridgehead atoms. The van der Waals surface area contributed by atoms with Crippen LogP contribution in [0.15, 0.2) is 42.5 Å².